The van der Waals surface area contributed by atoms with Crippen molar-refractivity contribution in [3.63, 3.8) is 0 Å². The molecule has 0 radical (unpaired) electrons. The second-order valence-electron chi connectivity index (χ2n) is 8.07. The maximum atomic E-state index is 12.4. The van der Waals surface area contributed by atoms with Gasteiger partial charge in [0.15, 0.2) is 0 Å². The van der Waals surface area contributed by atoms with Crippen LogP contribution in [0.5, 0.6) is 0 Å². The van der Waals surface area contributed by atoms with Gasteiger partial charge in [-0.15, -0.1) is 11.8 Å². The first-order valence-electron chi connectivity index (χ1n) is 10.5. The van der Waals surface area contributed by atoms with E-state index < -0.39 is 5.60 Å². The van der Waals surface area contributed by atoms with Gasteiger partial charge in [0.2, 0.25) is 0 Å². The van der Waals surface area contributed by atoms with Gasteiger partial charge in [0.1, 0.15) is 10.9 Å². The predicted octanol–water partition coefficient (Wildman–Crippen LogP) is 6.54. The zero-order valence-electron chi connectivity index (χ0n) is 18.4. The Labute approximate surface area is 180 Å². The molecular weight excluding hydrogens is 380 g/mol. The average molecular weight is 415 g/mol. The SMILES string of the molecule is CCOCCCc1ccc(-c2ccc(SC(CC)C(=O)OC(C)(C)C)cc2)cc1. The van der Waals surface area contributed by atoms with Gasteiger partial charge in [-0.05, 0) is 75.8 Å². The molecule has 2 aromatic rings. The Bertz CT molecular complexity index is 745. The fourth-order valence-corrected chi connectivity index (χ4v) is 3.88. The molecule has 0 fully saturated rings. The molecule has 0 amide bonds. The fourth-order valence-electron chi connectivity index (χ4n) is 2.94. The zero-order chi connectivity index (χ0) is 21.3. The van der Waals surface area contributed by atoms with Gasteiger partial charge in [-0.2, -0.15) is 0 Å². The molecule has 0 aliphatic rings. The Hall–Kier alpha value is -1.78. The van der Waals surface area contributed by atoms with Crippen LogP contribution in [-0.2, 0) is 20.7 Å². The smallest absolute Gasteiger partial charge is 0.319 e. The summed E-state index contributed by atoms with van der Waals surface area (Å²) in [5.41, 5.74) is 3.27. The third kappa shape index (κ3) is 8.23. The quantitative estimate of drug-likeness (QED) is 0.251. The lowest BCUT2D eigenvalue weighted by Crippen LogP contribution is -2.29. The van der Waals surface area contributed by atoms with E-state index in [-0.39, 0.29) is 11.2 Å². The largest absolute Gasteiger partial charge is 0.459 e. The van der Waals surface area contributed by atoms with Crippen molar-refractivity contribution in [2.24, 2.45) is 0 Å². The third-order valence-electron chi connectivity index (χ3n) is 4.42. The van der Waals surface area contributed by atoms with Crippen molar-refractivity contribution in [3.05, 3.63) is 54.1 Å². The summed E-state index contributed by atoms with van der Waals surface area (Å²) < 4.78 is 10.9. The molecule has 0 aliphatic heterocycles. The zero-order valence-corrected chi connectivity index (χ0v) is 19.2. The molecule has 1 atom stereocenters. The standard InChI is InChI=1S/C25H34O3S/c1-6-23(24(26)28-25(3,4)5)29-22-16-14-21(15-17-22)20-12-10-19(11-13-20)9-8-18-27-7-2/h10-17,23H,6-9,18H2,1-5H3. The molecule has 0 saturated carbocycles. The van der Waals surface area contributed by atoms with Crippen molar-refractivity contribution in [1.29, 1.82) is 0 Å². The molecule has 158 valence electrons. The lowest BCUT2D eigenvalue weighted by Gasteiger charge is -2.23. The Morgan fingerprint density at radius 3 is 2.07 bits per heavy atom. The monoisotopic (exact) mass is 414 g/mol. The number of ether oxygens (including phenoxy) is 2. The normalized spacial score (nSPS) is 12.6. The number of carbonyl (C=O) groups is 1. The van der Waals surface area contributed by atoms with Crippen LogP contribution in [0.2, 0.25) is 0 Å². The van der Waals surface area contributed by atoms with Gasteiger partial charge in [-0.1, -0.05) is 43.3 Å². The summed E-state index contributed by atoms with van der Waals surface area (Å²) in [4.78, 5) is 13.5. The number of rotatable bonds is 10. The molecule has 0 aliphatic carbocycles. The van der Waals surface area contributed by atoms with Crippen molar-refractivity contribution >= 4 is 17.7 Å². The molecule has 0 aromatic heterocycles. The highest BCUT2D eigenvalue weighted by molar-refractivity contribution is 8.00. The second kappa shape index (κ2) is 11.4. The molecular formula is C25H34O3S. The molecule has 0 N–H and O–H groups in total. The van der Waals surface area contributed by atoms with Crippen LogP contribution < -0.4 is 0 Å². The topological polar surface area (TPSA) is 35.5 Å². The molecule has 2 aromatic carbocycles. The van der Waals surface area contributed by atoms with Gasteiger partial charge in [0.25, 0.3) is 0 Å². The Morgan fingerprint density at radius 1 is 0.966 bits per heavy atom. The van der Waals surface area contributed by atoms with Crippen molar-refractivity contribution in [3.8, 4) is 11.1 Å². The predicted molar refractivity (Wildman–Crippen MR) is 122 cm³/mol. The Morgan fingerprint density at radius 2 is 1.55 bits per heavy atom. The Balaban J connectivity index is 1.96. The average Bonchev–Trinajstić information content (AvgIpc) is 2.69. The van der Waals surface area contributed by atoms with Gasteiger partial charge >= 0.3 is 5.97 Å². The third-order valence-corrected chi connectivity index (χ3v) is 5.77. The molecule has 0 bridgehead atoms. The van der Waals surface area contributed by atoms with Crippen LogP contribution >= 0.6 is 11.8 Å². The van der Waals surface area contributed by atoms with Gasteiger partial charge < -0.3 is 9.47 Å². The number of carbonyl (C=O) groups excluding carboxylic acids is 1. The van der Waals surface area contributed by atoms with Crippen LogP contribution in [-0.4, -0.2) is 30.0 Å². The van der Waals surface area contributed by atoms with Crippen LogP contribution in [0.3, 0.4) is 0 Å². The van der Waals surface area contributed by atoms with E-state index >= 15 is 0 Å². The molecule has 1 unspecified atom stereocenters. The molecule has 3 nitrogen and oxygen atoms in total. The number of hydrogen-bond acceptors (Lipinski definition) is 4. The minimum atomic E-state index is -0.454. The number of esters is 1. The highest BCUT2D eigenvalue weighted by atomic mass is 32.2. The van der Waals surface area contributed by atoms with E-state index in [0.717, 1.165) is 37.4 Å². The molecule has 0 saturated heterocycles. The summed E-state index contributed by atoms with van der Waals surface area (Å²) in [6, 6.07) is 17.1. The van der Waals surface area contributed by atoms with Crippen LogP contribution in [0.25, 0.3) is 11.1 Å². The highest BCUT2D eigenvalue weighted by Crippen LogP contribution is 2.30. The molecule has 0 spiro atoms. The van der Waals surface area contributed by atoms with Gasteiger partial charge in [0, 0.05) is 18.1 Å². The van der Waals surface area contributed by atoms with Crippen LogP contribution in [0, 0.1) is 0 Å². The van der Waals surface area contributed by atoms with Crippen LogP contribution in [0.4, 0.5) is 0 Å². The summed E-state index contributed by atoms with van der Waals surface area (Å²) in [6.45, 7) is 11.4. The summed E-state index contributed by atoms with van der Waals surface area (Å²) in [5.74, 6) is -0.144. The second-order valence-corrected chi connectivity index (χ2v) is 9.35. The van der Waals surface area contributed by atoms with Gasteiger partial charge in [-0.25, -0.2) is 0 Å². The minimum absolute atomic E-state index is 0.144. The lowest BCUT2D eigenvalue weighted by molar-refractivity contribution is -0.154. The van der Waals surface area contributed by atoms with Gasteiger partial charge in [0.05, 0.1) is 0 Å². The first-order valence-corrected chi connectivity index (χ1v) is 11.4. The summed E-state index contributed by atoms with van der Waals surface area (Å²) >= 11 is 1.57. The van der Waals surface area contributed by atoms with Crippen molar-refractivity contribution in [2.45, 2.75) is 69.6 Å². The summed E-state index contributed by atoms with van der Waals surface area (Å²) in [6.07, 6.45) is 2.83. The van der Waals surface area contributed by atoms with E-state index in [4.69, 9.17) is 9.47 Å². The number of benzene rings is 2. The van der Waals surface area contributed by atoms with Crippen molar-refractivity contribution < 1.29 is 14.3 Å². The minimum Gasteiger partial charge on any atom is -0.459 e. The van der Waals surface area contributed by atoms with Crippen molar-refractivity contribution in [1.82, 2.24) is 0 Å². The van der Waals surface area contributed by atoms with Crippen molar-refractivity contribution in [2.75, 3.05) is 13.2 Å². The van der Waals surface area contributed by atoms with Crippen LogP contribution in [0.1, 0.15) is 53.0 Å². The Kier molecular flexibility index (Phi) is 9.25. The van der Waals surface area contributed by atoms with E-state index in [1.807, 2.05) is 34.6 Å². The number of hydrogen-bond donors (Lipinski definition) is 0. The fraction of sp³-hybridized carbons (Fsp3) is 0.480. The van der Waals surface area contributed by atoms with E-state index in [0.29, 0.717) is 0 Å². The maximum absolute atomic E-state index is 12.4. The molecule has 0 heterocycles. The summed E-state index contributed by atoms with van der Waals surface area (Å²) in [7, 11) is 0. The first kappa shape index (κ1) is 23.5. The van der Waals surface area contributed by atoms with E-state index in [2.05, 4.69) is 48.5 Å². The van der Waals surface area contributed by atoms with E-state index in [1.165, 1.54) is 16.7 Å². The highest BCUT2D eigenvalue weighted by Gasteiger charge is 2.24. The van der Waals surface area contributed by atoms with E-state index in [9.17, 15) is 4.79 Å². The number of thioether (sulfide) groups is 1. The number of aryl methyl sites for hydroxylation is 1. The lowest BCUT2D eigenvalue weighted by atomic mass is 10.0. The maximum Gasteiger partial charge on any atom is 0.319 e. The summed E-state index contributed by atoms with van der Waals surface area (Å²) in [5, 5.41) is -0.184. The first-order chi connectivity index (χ1) is 13.8. The molecule has 4 heteroatoms. The van der Waals surface area contributed by atoms with Gasteiger partial charge in [-0.3, -0.25) is 4.79 Å². The van der Waals surface area contributed by atoms with E-state index in [1.54, 1.807) is 11.8 Å². The molecule has 2 rings (SSSR count). The molecule has 29 heavy (non-hydrogen) atoms. The van der Waals surface area contributed by atoms with Crippen LogP contribution in [0.15, 0.2) is 53.4 Å².